The highest BCUT2D eigenvalue weighted by molar-refractivity contribution is 6.67. The van der Waals surface area contributed by atoms with Crippen molar-refractivity contribution in [3.05, 3.63) is 140 Å². The molecule has 10 heteroatoms. The lowest BCUT2D eigenvalue weighted by Crippen LogP contribution is -2.47. The molecule has 9 aromatic rings. The summed E-state index contributed by atoms with van der Waals surface area (Å²) in [5.74, 6) is 1.86. The minimum absolute atomic E-state index is 0.620. The van der Waals surface area contributed by atoms with Gasteiger partial charge in [0.2, 0.25) is 0 Å². The summed E-state index contributed by atoms with van der Waals surface area (Å²) in [6.45, 7) is 0. The standard InChI is InChI=1S/C45H35B6N3O/c46-35-31(28-14-8-3-9-15-28)32-33-36(47)38(49)39(50)40(51)42(33)55-41(32)37(48)34(35)45-53-43(29-20-16-26(17-21-29)24-10-4-1-5-11-24)52-44(54-45)30-22-18-27(19-23-30)25-12-6-2-7-13-25/h1-23H,46-51H2. The quantitative estimate of drug-likeness (QED) is 0.246. The molecule has 0 aliphatic carbocycles. The third-order valence-corrected chi connectivity index (χ3v) is 11.4. The fourth-order valence-corrected chi connectivity index (χ4v) is 8.11. The Morgan fingerprint density at radius 1 is 0.291 bits per heavy atom. The van der Waals surface area contributed by atoms with Gasteiger partial charge < -0.3 is 4.42 Å². The molecule has 0 saturated carbocycles. The average molecular weight is 699 g/mol. The second kappa shape index (κ2) is 13.9. The molecule has 0 spiro atoms. The molecule has 0 fully saturated rings. The number of hydrogen-bond acceptors (Lipinski definition) is 4. The maximum atomic E-state index is 6.98. The Labute approximate surface area is 327 Å². The number of nitrogens with zero attached hydrogens (tertiary/aromatic N) is 3. The van der Waals surface area contributed by atoms with Crippen LogP contribution in [0.4, 0.5) is 0 Å². The van der Waals surface area contributed by atoms with Gasteiger partial charge in [-0.15, -0.1) is 5.46 Å². The Balaban J connectivity index is 1.31. The SMILES string of the molecule is Bc1c(B)c(B)c2c(oc3c(B)c(-c4nc(-c5ccc(-c6ccccc6)cc5)nc(-c5ccc(-c6ccccc6)cc5)n4)c(B)c(-c4ccccc4)c32)c1B. The topological polar surface area (TPSA) is 51.8 Å². The van der Waals surface area contributed by atoms with Gasteiger partial charge in [0.05, 0.1) is 0 Å². The van der Waals surface area contributed by atoms with Gasteiger partial charge in [-0.25, -0.2) is 15.0 Å². The first kappa shape index (κ1) is 34.5. The third-order valence-electron chi connectivity index (χ3n) is 11.4. The molecule has 9 rings (SSSR count). The number of hydrogen-bond donors (Lipinski definition) is 0. The van der Waals surface area contributed by atoms with Crippen LogP contribution in [-0.2, 0) is 0 Å². The van der Waals surface area contributed by atoms with Crippen LogP contribution in [0.3, 0.4) is 0 Å². The lowest BCUT2D eigenvalue weighted by atomic mass is 9.65. The molecule has 0 bridgehead atoms. The van der Waals surface area contributed by atoms with Crippen molar-refractivity contribution in [2.45, 2.75) is 0 Å². The first-order valence-corrected chi connectivity index (χ1v) is 18.9. The minimum Gasteiger partial charge on any atom is -0.457 e. The molecule has 0 aliphatic heterocycles. The van der Waals surface area contributed by atoms with Crippen LogP contribution >= 0.6 is 0 Å². The number of fused-ring (bicyclic) bond motifs is 3. The van der Waals surface area contributed by atoms with Gasteiger partial charge in [-0.3, -0.25) is 0 Å². The highest BCUT2D eigenvalue weighted by atomic mass is 16.3. The summed E-state index contributed by atoms with van der Waals surface area (Å²) in [4.78, 5) is 15.7. The summed E-state index contributed by atoms with van der Waals surface area (Å²) in [7, 11) is 13.2. The van der Waals surface area contributed by atoms with E-state index in [2.05, 4.69) is 174 Å². The van der Waals surface area contributed by atoms with Gasteiger partial charge in [-0.1, -0.05) is 161 Å². The van der Waals surface area contributed by atoms with E-state index in [4.69, 9.17) is 19.4 Å². The third kappa shape index (κ3) is 5.93. The molecule has 0 radical (unpaired) electrons. The van der Waals surface area contributed by atoms with Gasteiger partial charge in [-0.2, -0.15) is 0 Å². The van der Waals surface area contributed by atoms with E-state index in [1.165, 1.54) is 38.4 Å². The molecule has 7 aromatic carbocycles. The molecule has 2 heterocycles. The van der Waals surface area contributed by atoms with E-state index in [0.29, 0.717) is 17.5 Å². The van der Waals surface area contributed by atoms with E-state index in [1.807, 2.05) is 12.1 Å². The van der Waals surface area contributed by atoms with Crippen molar-refractivity contribution in [2.24, 2.45) is 0 Å². The highest BCUT2D eigenvalue weighted by Gasteiger charge is 2.26. The van der Waals surface area contributed by atoms with E-state index in [1.54, 1.807) is 0 Å². The monoisotopic (exact) mass is 699 g/mol. The second-order valence-corrected chi connectivity index (χ2v) is 14.6. The van der Waals surface area contributed by atoms with Crippen molar-refractivity contribution in [2.75, 3.05) is 0 Å². The normalized spacial score (nSPS) is 11.3. The molecule has 55 heavy (non-hydrogen) atoms. The predicted octanol–water partition coefficient (Wildman–Crippen LogP) is 1.32. The van der Waals surface area contributed by atoms with Crippen LogP contribution in [0.5, 0.6) is 0 Å². The second-order valence-electron chi connectivity index (χ2n) is 14.6. The van der Waals surface area contributed by atoms with E-state index in [0.717, 1.165) is 66.4 Å². The summed E-state index contributed by atoms with van der Waals surface area (Å²) in [6.07, 6.45) is 0. The maximum absolute atomic E-state index is 6.98. The van der Waals surface area contributed by atoms with E-state index >= 15 is 0 Å². The van der Waals surface area contributed by atoms with E-state index in [-0.39, 0.29) is 0 Å². The van der Waals surface area contributed by atoms with E-state index in [9.17, 15) is 0 Å². The summed E-state index contributed by atoms with van der Waals surface area (Å²) in [5, 5.41) is 2.33. The fraction of sp³-hybridized carbons (Fsp3) is 0. The van der Waals surface area contributed by atoms with Gasteiger partial charge in [-0.05, 0) is 38.8 Å². The van der Waals surface area contributed by atoms with Crippen LogP contribution in [-0.4, -0.2) is 62.0 Å². The Kier molecular flexibility index (Phi) is 8.70. The largest absolute Gasteiger partial charge is 0.457 e. The smallest absolute Gasteiger partial charge is 0.164 e. The Morgan fingerprint density at radius 2 is 0.673 bits per heavy atom. The van der Waals surface area contributed by atoms with Crippen molar-refractivity contribution in [3.63, 3.8) is 0 Å². The van der Waals surface area contributed by atoms with Gasteiger partial charge in [0.1, 0.15) is 58.2 Å². The van der Waals surface area contributed by atoms with Crippen molar-refractivity contribution >= 4 is 102 Å². The Hall–Kier alpha value is -6.26. The summed E-state index contributed by atoms with van der Waals surface area (Å²) in [6, 6.07) is 48.5. The van der Waals surface area contributed by atoms with Crippen molar-refractivity contribution in [1.29, 1.82) is 0 Å². The molecule has 2 aromatic heterocycles. The van der Waals surface area contributed by atoms with Crippen molar-refractivity contribution < 1.29 is 4.42 Å². The number of rotatable bonds is 6. The van der Waals surface area contributed by atoms with Crippen LogP contribution in [0.1, 0.15) is 0 Å². The summed E-state index contributed by atoms with van der Waals surface area (Å²) < 4.78 is 6.98. The minimum atomic E-state index is 0.620. The molecule has 4 nitrogen and oxygen atoms in total. The first-order chi connectivity index (χ1) is 26.8. The highest BCUT2D eigenvalue weighted by Crippen LogP contribution is 2.36. The van der Waals surface area contributed by atoms with Crippen LogP contribution in [0.25, 0.3) is 89.5 Å². The summed E-state index contributed by atoms with van der Waals surface area (Å²) >= 11 is 0. The van der Waals surface area contributed by atoms with Crippen molar-refractivity contribution in [3.8, 4) is 67.5 Å². The van der Waals surface area contributed by atoms with Gasteiger partial charge in [0.25, 0.3) is 0 Å². The van der Waals surface area contributed by atoms with Crippen molar-refractivity contribution in [1.82, 2.24) is 15.0 Å². The maximum Gasteiger partial charge on any atom is 0.164 e. The molecule has 0 N–H and O–H groups in total. The molecule has 254 valence electrons. The van der Waals surface area contributed by atoms with Crippen LogP contribution in [0, 0.1) is 0 Å². The molecule has 0 amide bonds. The van der Waals surface area contributed by atoms with Gasteiger partial charge in [0, 0.05) is 27.5 Å². The number of benzene rings is 7. The van der Waals surface area contributed by atoms with Crippen LogP contribution in [0.2, 0.25) is 0 Å². The molecule has 0 atom stereocenters. The van der Waals surface area contributed by atoms with Crippen LogP contribution in [0.15, 0.2) is 144 Å². The first-order valence-electron chi connectivity index (χ1n) is 18.9. The van der Waals surface area contributed by atoms with Gasteiger partial charge in [0.15, 0.2) is 17.5 Å². The molecule has 0 aliphatic rings. The molecule has 0 unspecified atom stereocenters. The molecular formula is C45H35B6N3O. The lowest BCUT2D eigenvalue weighted by molar-refractivity contribution is 0.674. The fourth-order valence-electron chi connectivity index (χ4n) is 8.11. The number of furan rings is 1. The van der Waals surface area contributed by atoms with Crippen LogP contribution < -0.4 is 32.8 Å². The molecule has 0 saturated heterocycles. The zero-order valence-electron chi connectivity index (χ0n) is 32.0. The Bertz CT molecular complexity index is 2800. The van der Waals surface area contributed by atoms with Gasteiger partial charge >= 0.3 is 0 Å². The molecular weight excluding hydrogens is 663 g/mol. The zero-order valence-corrected chi connectivity index (χ0v) is 32.0. The summed E-state index contributed by atoms with van der Waals surface area (Å²) in [5.41, 5.74) is 18.6. The number of aromatic nitrogens is 3. The Morgan fingerprint density at radius 3 is 1.16 bits per heavy atom. The zero-order chi connectivity index (χ0) is 37.8. The average Bonchev–Trinajstić information content (AvgIpc) is 3.64. The van der Waals surface area contributed by atoms with E-state index < -0.39 is 0 Å². The predicted molar refractivity (Wildman–Crippen MR) is 249 cm³/mol. The lowest BCUT2D eigenvalue weighted by Gasteiger charge is -2.18.